The molecule has 0 amide bonds. The van der Waals surface area contributed by atoms with Gasteiger partial charge in [0.05, 0.1) is 23.4 Å². The number of benzene rings is 2. The number of carbonyl (C=O) groups is 1. The summed E-state index contributed by atoms with van der Waals surface area (Å²) in [5, 5.41) is 10.3. The number of aromatic carboxylic acids is 1. The van der Waals surface area contributed by atoms with Gasteiger partial charge in [-0.3, -0.25) is 0 Å². The standard InChI is InChI=1S/C20H19NO3/c1-4-24-18-8-6-5-7-14(18)17-11-16(20(22)23)15-10-12(2)9-13(3)19(15)21-17/h5-11H,4H2,1-3H3,(H,22,23). The Kier molecular flexibility index (Phi) is 4.21. The third kappa shape index (κ3) is 2.83. The normalized spacial score (nSPS) is 10.8. The minimum atomic E-state index is -0.956. The van der Waals surface area contributed by atoms with Crippen molar-refractivity contribution >= 4 is 16.9 Å². The second-order valence-electron chi connectivity index (χ2n) is 5.77. The fourth-order valence-corrected chi connectivity index (χ4v) is 2.96. The van der Waals surface area contributed by atoms with Gasteiger partial charge in [-0.1, -0.05) is 23.8 Å². The first-order valence-corrected chi connectivity index (χ1v) is 7.88. The Morgan fingerprint density at radius 2 is 1.92 bits per heavy atom. The van der Waals surface area contributed by atoms with Crippen LogP contribution in [0.15, 0.2) is 42.5 Å². The summed E-state index contributed by atoms with van der Waals surface area (Å²) in [6.45, 7) is 6.36. The van der Waals surface area contributed by atoms with E-state index in [0.717, 1.165) is 16.7 Å². The Hall–Kier alpha value is -2.88. The van der Waals surface area contributed by atoms with Crippen LogP contribution in [0.25, 0.3) is 22.2 Å². The van der Waals surface area contributed by atoms with Crippen LogP contribution in [0.1, 0.15) is 28.4 Å². The summed E-state index contributed by atoms with van der Waals surface area (Å²) >= 11 is 0. The molecule has 3 aromatic rings. The number of hydrogen-bond acceptors (Lipinski definition) is 3. The number of aryl methyl sites for hydroxylation is 2. The van der Waals surface area contributed by atoms with Crippen LogP contribution in [-0.2, 0) is 0 Å². The second-order valence-corrected chi connectivity index (χ2v) is 5.77. The molecule has 0 aliphatic heterocycles. The molecule has 1 aromatic heterocycles. The molecule has 4 heteroatoms. The molecule has 0 aliphatic carbocycles. The van der Waals surface area contributed by atoms with E-state index < -0.39 is 5.97 Å². The van der Waals surface area contributed by atoms with Gasteiger partial charge in [0.1, 0.15) is 5.75 Å². The van der Waals surface area contributed by atoms with Gasteiger partial charge in [-0.15, -0.1) is 0 Å². The zero-order valence-electron chi connectivity index (χ0n) is 14.0. The van der Waals surface area contributed by atoms with Gasteiger partial charge in [-0.05, 0) is 50.6 Å². The minimum Gasteiger partial charge on any atom is -0.493 e. The highest BCUT2D eigenvalue weighted by atomic mass is 16.5. The number of carboxylic acid groups (broad SMARTS) is 1. The average Bonchev–Trinajstić information content (AvgIpc) is 2.55. The lowest BCUT2D eigenvalue weighted by Crippen LogP contribution is -2.02. The van der Waals surface area contributed by atoms with Gasteiger partial charge >= 0.3 is 5.97 Å². The quantitative estimate of drug-likeness (QED) is 0.762. The summed E-state index contributed by atoms with van der Waals surface area (Å²) in [5.41, 5.74) is 4.35. The van der Waals surface area contributed by atoms with Crippen molar-refractivity contribution in [1.82, 2.24) is 4.98 Å². The molecule has 0 saturated heterocycles. The molecule has 1 N–H and O–H groups in total. The number of ether oxygens (including phenoxy) is 1. The average molecular weight is 321 g/mol. The maximum absolute atomic E-state index is 11.8. The van der Waals surface area contributed by atoms with Gasteiger partial charge < -0.3 is 9.84 Å². The third-order valence-electron chi connectivity index (χ3n) is 3.94. The molecule has 4 nitrogen and oxygen atoms in total. The van der Waals surface area contributed by atoms with Crippen molar-refractivity contribution in [3.05, 3.63) is 59.2 Å². The van der Waals surface area contributed by atoms with E-state index in [1.807, 2.05) is 57.2 Å². The third-order valence-corrected chi connectivity index (χ3v) is 3.94. The molecule has 1 heterocycles. The molecule has 0 bridgehead atoms. The lowest BCUT2D eigenvalue weighted by atomic mass is 9.99. The highest BCUT2D eigenvalue weighted by molar-refractivity contribution is 6.04. The Labute approximate surface area is 140 Å². The molecule has 0 radical (unpaired) electrons. The summed E-state index contributed by atoms with van der Waals surface area (Å²) < 4.78 is 5.67. The minimum absolute atomic E-state index is 0.258. The molecule has 0 unspecified atom stereocenters. The lowest BCUT2D eigenvalue weighted by molar-refractivity contribution is 0.0699. The van der Waals surface area contributed by atoms with Gasteiger partial charge in [0, 0.05) is 10.9 Å². The fourth-order valence-electron chi connectivity index (χ4n) is 2.96. The first-order chi connectivity index (χ1) is 11.5. The zero-order valence-corrected chi connectivity index (χ0v) is 14.0. The van der Waals surface area contributed by atoms with Crippen LogP contribution in [0.5, 0.6) is 5.75 Å². The van der Waals surface area contributed by atoms with Crippen molar-refractivity contribution in [2.75, 3.05) is 6.61 Å². The molecule has 0 saturated carbocycles. The SMILES string of the molecule is CCOc1ccccc1-c1cc(C(=O)O)c2cc(C)cc(C)c2n1. The molecule has 0 aliphatic rings. The monoisotopic (exact) mass is 321 g/mol. The van der Waals surface area contributed by atoms with E-state index in [-0.39, 0.29) is 5.56 Å². The number of rotatable bonds is 4. The van der Waals surface area contributed by atoms with Crippen LogP contribution in [-0.4, -0.2) is 22.7 Å². The van der Waals surface area contributed by atoms with Crippen molar-refractivity contribution in [2.24, 2.45) is 0 Å². The maximum atomic E-state index is 11.8. The van der Waals surface area contributed by atoms with Crippen molar-refractivity contribution in [2.45, 2.75) is 20.8 Å². The topological polar surface area (TPSA) is 59.4 Å². The van der Waals surface area contributed by atoms with Gasteiger partial charge in [-0.2, -0.15) is 0 Å². The van der Waals surface area contributed by atoms with Crippen molar-refractivity contribution in [3.8, 4) is 17.0 Å². The van der Waals surface area contributed by atoms with Gasteiger partial charge in [0.25, 0.3) is 0 Å². The smallest absolute Gasteiger partial charge is 0.336 e. The Bertz CT molecular complexity index is 932. The number of para-hydroxylation sites is 1. The summed E-state index contributed by atoms with van der Waals surface area (Å²) in [6.07, 6.45) is 0. The maximum Gasteiger partial charge on any atom is 0.336 e. The first-order valence-electron chi connectivity index (χ1n) is 7.88. The summed E-state index contributed by atoms with van der Waals surface area (Å²) in [6, 6.07) is 13.1. The van der Waals surface area contributed by atoms with Crippen LogP contribution in [0.4, 0.5) is 0 Å². The molecular weight excluding hydrogens is 302 g/mol. The fraction of sp³-hybridized carbons (Fsp3) is 0.200. The lowest BCUT2D eigenvalue weighted by Gasteiger charge is -2.13. The number of nitrogens with zero attached hydrogens (tertiary/aromatic N) is 1. The molecule has 3 rings (SSSR count). The van der Waals surface area contributed by atoms with Crippen LogP contribution in [0.3, 0.4) is 0 Å². The molecular formula is C20H19NO3. The number of fused-ring (bicyclic) bond motifs is 1. The van der Waals surface area contributed by atoms with E-state index in [1.165, 1.54) is 0 Å². The van der Waals surface area contributed by atoms with Crippen LogP contribution < -0.4 is 4.74 Å². The van der Waals surface area contributed by atoms with Crippen LogP contribution >= 0.6 is 0 Å². The molecule has 0 fully saturated rings. The predicted molar refractivity (Wildman–Crippen MR) is 94.8 cm³/mol. The molecule has 24 heavy (non-hydrogen) atoms. The summed E-state index contributed by atoms with van der Waals surface area (Å²) in [4.78, 5) is 16.5. The number of hydrogen-bond donors (Lipinski definition) is 1. The summed E-state index contributed by atoms with van der Waals surface area (Å²) in [7, 11) is 0. The molecule has 0 spiro atoms. The van der Waals surface area contributed by atoms with E-state index in [1.54, 1.807) is 6.07 Å². The Morgan fingerprint density at radius 1 is 1.17 bits per heavy atom. The first kappa shape index (κ1) is 16.0. The highest BCUT2D eigenvalue weighted by Gasteiger charge is 2.16. The van der Waals surface area contributed by atoms with E-state index in [2.05, 4.69) is 0 Å². The van der Waals surface area contributed by atoms with Gasteiger partial charge in [-0.25, -0.2) is 9.78 Å². The molecule has 2 aromatic carbocycles. The van der Waals surface area contributed by atoms with Crippen LogP contribution in [0.2, 0.25) is 0 Å². The van der Waals surface area contributed by atoms with Crippen LogP contribution in [0, 0.1) is 13.8 Å². The second kappa shape index (κ2) is 6.32. The predicted octanol–water partition coefficient (Wildman–Crippen LogP) is 4.62. The van der Waals surface area contributed by atoms with E-state index in [9.17, 15) is 9.90 Å². The van der Waals surface area contributed by atoms with Crippen molar-refractivity contribution in [1.29, 1.82) is 0 Å². The van der Waals surface area contributed by atoms with E-state index in [4.69, 9.17) is 9.72 Å². The molecule has 0 atom stereocenters. The number of aromatic nitrogens is 1. The zero-order chi connectivity index (χ0) is 17.3. The van der Waals surface area contributed by atoms with E-state index >= 15 is 0 Å². The summed E-state index contributed by atoms with van der Waals surface area (Å²) in [5.74, 6) is -0.254. The van der Waals surface area contributed by atoms with Gasteiger partial charge in [0.15, 0.2) is 0 Å². The largest absolute Gasteiger partial charge is 0.493 e. The number of pyridine rings is 1. The van der Waals surface area contributed by atoms with Gasteiger partial charge in [0.2, 0.25) is 0 Å². The molecule has 122 valence electrons. The van der Waals surface area contributed by atoms with Crippen molar-refractivity contribution < 1.29 is 14.6 Å². The van der Waals surface area contributed by atoms with Crippen molar-refractivity contribution in [3.63, 3.8) is 0 Å². The Balaban J connectivity index is 2.33. The Morgan fingerprint density at radius 3 is 2.62 bits per heavy atom. The number of carboxylic acids is 1. The highest BCUT2D eigenvalue weighted by Crippen LogP contribution is 2.32. The van der Waals surface area contributed by atoms with E-state index in [0.29, 0.717) is 29.0 Å².